The molecule has 0 radical (unpaired) electrons. The maximum Gasteiger partial charge on any atom is 0.358 e. The molecule has 7 heteroatoms. The lowest BCUT2D eigenvalue weighted by Gasteiger charge is -2.40. The van der Waals surface area contributed by atoms with Crippen molar-refractivity contribution in [3.05, 3.63) is 17.8 Å². The van der Waals surface area contributed by atoms with Gasteiger partial charge in [-0.05, 0) is 30.4 Å². The fourth-order valence-corrected chi connectivity index (χ4v) is 2.33. The first kappa shape index (κ1) is 14.2. The average molecular weight is 279 g/mol. The molecule has 0 saturated heterocycles. The molecule has 7 nitrogen and oxygen atoms in total. The van der Waals surface area contributed by atoms with Crippen LogP contribution in [0.2, 0.25) is 0 Å². The highest BCUT2D eigenvalue weighted by molar-refractivity contribution is 5.86. The van der Waals surface area contributed by atoms with Crippen LogP contribution in [-0.4, -0.2) is 40.9 Å². The zero-order valence-corrected chi connectivity index (χ0v) is 11.3. The number of nitrogens with one attached hydrogen (secondary N) is 1. The highest BCUT2D eigenvalue weighted by Crippen LogP contribution is 2.43. The Balaban J connectivity index is 1.93. The van der Waals surface area contributed by atoms with Gasteiger partial charge in [-0.3, -0.25) is 4.79 Å². The van der Waals surface area contributed by atoms with Crippen molar-refractivity contribution in [1.29, 1.82) is 0 Å². The first-order valence-corrected chi connectivity index (χ1v) is 6.42. The molecule has 1 saturated carbocycles. The number of nitrogens with zero attached hydrogens (tertiary/aromatic N) is 2. The van der Waals surface area contributed by atoms with E-state index in [0.717, 1.165) is 19.3 Å². The number of aromatic nitrogens is 2. The SMILES string of the molecule is COC(=O)c1ccc(NCC2(CC(=O)O)CCC2)nn1. The number of carboxylic acids is 1. The lowest BCUT2D eigenvalue weighted by molar-refractivity contribution is -0.141. The Morgan fingerprint density at radius 1 is 1.40 bits per heavy atom. The van der Waals surface area contributed by atoms with Crippen molar-refractivity contribution in [1.82, 2.24) is 10.2 Å². The minimum absolute atomic E-state index is 0.141. The molecule has 1 aliphatic rings. The Bertz CT molecular complexity index is 497. The number of hydrogen-bond donors (Lipinski definition) is 2. The number of ether oxygens (including phenoxy) is 1. The Kier molecular flexibility index (Phi) is 4.16. The van der Waals surface area contributed by atoms with E-state index in [2.05, 4.69) is 20.3 Å². The van der Waals surface area contributed by atoms with E-state index in [1.54, 1.807) is 6.07 Å². The average Bonchev–Trinajstić information content (AvgIpc) is 2.41. The van der Waals surface area contributed by atoms with E-state index in [-0.39, 0.29) is 17.5 Å². The molecule has 1 aliphatic carbocycles. The first-order chi connectivity index (χ1) is 9.54. The molecular weight excluding hydrogens is 262 g/mol. The molecule has 1 aromatic heterocycles. The summed E-state index contributed by atoms with van der Waals surface area (Å²) < 4.78 is 4.53. The van der Waals surface area contributed by atoms with Gasteiger partial charge in [-0.1, -0.05) is 6.42 Å². The molecule has 0 bridgehead atoms. The Labute approximate surface area is 116 Å². The summed E-state index contributed by atoms with van der Waals surface area (Å²) in [6.45, 7) is 0.547. The third-order valence-corrected chi connectivity index (χ3v) is 3.64. The van der Waals surface area contributed by atoms with E-state index >= 15 is 0 Å². The lowest BCUT2D eigenvalue weighted by atomic mass is 9.66. The van der Waals surface area contributed by atoms with Gasteiger partial charge in [0.05, 0.1) is 13.5 Å². The van der Waals surface area contributed by atoms with Crippen LogP contribution in [0.3, 0.4) is 0 Å². The van der Waals surface area contributed by atoms with Crippen LogP contribution in [-0.2, 0) is 9.53 Å². The molecule has 0 aliphatic heterocycles. The first-order valence-electron chi connectivity index (χ1n) is 6.42. The van der Waals surface area contributed by atoms with Crippen molar-refractivity contribution in [2.75, 3.05) is 19.0 Å². The van der Waals surface area contributed by atoms with Gasteiger partial charge in [0.2, 0.25) is 0 Å². The van der Waals surface area contributed by atoms with E-state index in [9.17, 15) is 9.59 Å². The second-order valence-electron chi connectivity index (χ2n) is 5.07. The standard InChI is InChI=1S/C13H17N3O4/c1-20-12(19)9-3-4-10(16-15-9)14-8-13(5-2-6-13)7-11(17)18/h3-4H,2,5-8H2,1H3,(H,14,16)(H,17,18). The normalized spacial score (nSPS) is 16.1. The number of carbonyl (C=O) groups is 2. The van der Waals surface area contributed by atoms with Crippen molar-refractivity contribution in [2.45, 2.75) is 25.7 Å². The van der Waals surface area contributed by atoms with Crippen molar-refractivity contribution in [3.8, 4) is 0 Å². The van der Waals surface area contributed by atoms with Crippen LogP contribution < -0.4 is 5.32 Å². The molecule has 2 N–H and O–H groups in total. The summed E-state index contributed by atoms with van der Waals surface area (Å²) in [6, 6.07) is 3.15. The minimum Gasteiger partial charge on any atom is -0.481 e. The summed E-state index contributed by atoms with van der Waals surface area (Å²) in [7, 11) is 1.28. The van der Waals surface area contributed by atoms with Crippen LogP contribution in [0.4, 0.5) is 5.82 Å². The van der Waals surface area contributed by atoms with Gasteiger partial charge < -0.3 is 15.2 Å². The summed E-state index contributed by atoms with van der Waals surface area (Å²) in [5.41, 5.74) is -0.0453. The van der Waals surface area contributed by atoms with Crippen LogP contribution >= 0.6 is 0 Å². The predicted molar refractivity (Wildman–Crippen MR) is 70.4 cm³/mol. The molecular formula is C13H17N3O4. The van der Waals surface area contributed by atoms with E-state index in [1.807, 2.05) is 0 Å². The van der Waals surface area contributed by atoms with Crippen LogP contribution in [0.25, 0.3) is 0 Å². The topological polar surface area (TPSA) is 101 Å². The van der Waals surface area contributed by atoms with Gasteiger partial charge >= 0.3 is 11.9 Å². The number of anilines is 1. The fourth-order valence-electron chi connectivity index (χ4n) is 2.33. The molecule has 0 aromatic carbocycles. The number of esters is 1. The molecule has 1 heterocycles. The monoisotopic (exact) mass is 279 g/mol. The molecule has 2 rings (SSSR count). The number of rotatable bonds is 6. The maximum atomic E-state index is 11.2. The summed E-state index contributed by atoms with van der Waals surface area (Å²) in [5.74, 6) is -0.793. The quantitative estimate of drug-likeness (QED) is 0.757. The second-order valence-corrected chi connectivity index (χ2v) is 5.07. The number of carboxylic acid groups (broad SMARTS) is 1. The third kappa shape index (κ3) is 3.23. The molecule has 0 atom stereocenters. The van der Waals surface area contributed by atoms with E-state index < -0.39 is 11.9 Å². The molecule has 20 heavy (non-hydrogen) atoms. The molecule has 1 fully saturated rings. The van der Waals surface area contributed by atoms with Crippen molar-refractivity contribution in [2.24, 2.45) is 5.41 Å². The van der Waals surface area contributed by atoms with Crippen molar-refractivity contribution in [3.63, 3.8) is 0 Å². The van der Waals surface area contributed by atoms with Gasteiger partial charge in [0, 0.05) is 6.54 Å². The Morgan fingerprint density at radius 2 is 2.15 bits per heavy atom. The van der Waals surface area contributed by atoms with E-state index in [1.165, 1.54) is 13.2 Å². The van der Waals surface area contributed by atoms with Crippen LogP contribution in [0.5, 0.6) is 0 Å². The van der Waals surface area contributed by atoms with Gasteiger partial charge in [-0.25, -0.2) is 4.79 Å². The summed E-state index contributed by atoms with van der Waals surface area (Å²) in [5, 5.41) is 19.6. The zero-order chi connectivity index (χ0) is 14.6. The number of carbonyl (C=O) groups excluding carboxylic acids is 1. The second kappa shape index (κ2) is 5.85. The largest absolute Gasteiger partial charge is 0.481 e. The maximum absolute atomic E-state index is 11.2. The Hall–Kier alpha value is -2.18. The van der Waals surface area contributed by atoms with Gasteiger partial charge in [0.1, 0.15) is 5.82 Å². The summed E-state index contributed by atoms with van der Waals surface area (Å²) in [6.07, 6.45) is 3.02. The lowest BCUT2D eigenvalue weighted by Crippen LogP contribution is -2.38. The zero-order valence-electron chi connectivity index (χ0n) is 11.3. The summed E-state index contributed by atoms with van der Waals surface area (Å²) >= 11 is 0. The van der Waals surface area contributed by atoms with Gasteiger partial charge in [-0.2, -0.15) is 0 Å². The van der Waals surface area contributed by atoms with E-state index in [0.29, 0.717) is 12.4 Å². The smallest absolute Gasteiger partial charge is 0.358 e. The predicted octanol–water partition coefficient (Wildman–Crippen LogP) is 1.32. The van der Waals surface area contributed by atoms with Crippen LogP contribution in [0, 0.1) is 5.41 Å². The van der Waals surface area contributed by atoms with Crippen molar-refractivity contribution >= 4 is 17.8 Å². The number of methoxy groups -OCH3 is 1. The minimum atomic E-state index is -0.779. The number of hydrogen-bond acceptors (Lipinski definition) is 6. The Morgan fingerprint density at radius 3 is 2.60 bits per heavy atom. The number of aliphatic carboxylic acids is 1. The van der Waals surface area contributed by atoms with E-state index in [4.69, 9.17) is 5.11 Å². The fraction of sp³-hybridized carbons (Fsp3) is 0.538. The highest BCUT2D eigenvalue weighted by atomic mass is 16.5. The van der Waals surface area contributed by atoms with Gasteiger partial charge in [-0.15, -0.1) is 10.2 Å². The summed E-state index contributed by atoms with van der Waals surface area (Å²) in [4.78, 5) is 22.1. The molecule has 0 spiro atoms. The van der Waals surface area contributed by atoms with Crippen LogP contribution in [0.15, 0.2) is 12.1 Å². The molecule has 0 amide bonds. The third-order valence-electron chi connectivity index (χ3n) is 3.64. The van der Waals surface area contributed by atoms with Gasteiger partial charge in [0.15, 0.2) is 5.69 Å². The highest BCUT2D eigenvalue weighted by Gasteiger charge is 2.38. The molecule has 0 unspecified atom stereocenters. The van der Waals surface area contributed by atoms with Crippen molar-refractivity contribution < 1.29 is 19.4 Å². The van der Waals surface area contributed by atoms with Crippen LogP contribution in [0.1, 0.15) is 36.2 Å². The molecule has 1 aromatic rings. The van der Waals surface area contributed by atoms with Gasteiger partial charge in [0.25, 0.3) is 0 Å². The molecule has 108 valence electrons.